The van der Waals surface area contributed by atoms with Gasteiger partial charge < -0.3 is 9.47 Å². The second kappa shape index (κ2) is 7.56. The van der Waals surface area contributed by atoms with Gasteiger partial charge in [0.15, 0.2) is 5.79 Å². The molecule has 0 aromatic rings. The van der Waals surface area contributed by atoms with E-state index in [1.807, 2.05) is 6.08 Å². The number of allylic oxidation sites excluding steroid dienone is 1. The lowest BCUT2D eigenvalue weighted by atomic mass is 9.90. The normalized spacial score (nSPS) is 20.8. The molecule has 2 nitrogen and oxygen atoms in total. The van der Waals surface area contributed by atoms with E-state index in [9.17, 15) is 0 Å². The molecular weight excluding hydrogens is 236 g/mol. The molecule has 0 aromatic carbocycles. The maximum Gasteiger partial charge on any atom is 0.169 e. The largest absolute Gasteiger partial charge is 0.348 e. The Morgan fingerprint density at radius 2 is 1.89 bits per heavy atom. The summed E-state index contributed by atoms with van der Waals surface area (Å²) in [6.45, 7) is 3.71. The van der Waals surface area contributed by atoms with Gasteiger partial charge in [0, 0.05) is 25.3 Å². The molecule has 0 N–H and O–H groups in total. The van der Waals surface area contributed by atoms with Gasteiger partial charge in [0.05, 0.1) is 13.2 Å². The Bertz CT molecular complexity index is 387. The quantitative estimate of drug-likeness (QED) is 0.434. The molecule has 19 heavy (non-hydrogen) atoms. The Labute approximate surface area is 116 Å². The van der Waals surface area contributed by atoms with Crippen LogP contribution in [0, 0.1) is 11.8 Å². The van der Waals surface area contributed by atoms with Crippen LogP contribution in [0.2, 0.25) is 0 Å². The first-order chi connectivity index (χ1) is 9.35. The molecule has 2 rings (SSSR count). The Hall–Kier alpha value is -1.00. The molecular formula is C17H24O2. The van der Waals surface area contributed by atoms with Crippen LogP contribution in [-0.2, 0) is 9.47 Å². The van der Waals surface area contributed by atoms with Crippen LogP contribution in [0.15, 0.2) is 17.4 Å². The van der Waals surface area contributed by atoms with E-state index in [1.54, 1.807) is 0 Å². The SMILES string of the molecule is CCCCCC#CC=C=C1CCC2(CC1)OCCO2. The highest BCUT2D eigenvalue weighted by Gasteiger charge is 2.38. The zero-order valence-electron chi connectivity index (χ0n) is 12.0. The fraction of sp³-hybridized carbons (Fsp3) is 0.706. The average molecular weight is 260 g/mol. The summed E-state index contributed by atoms with van der Waals surface area (Å²) in [5.74, 6) is 5.99. The second-order valence-corrected chi connectivity index (χ2v) is 5.28. The van der Waals surface area contributed by atoms with Crippen LogP contribution in [0.1, 0.15) is 58.3 Å². The molecule has 2 heteroatoms. The molecule has 2 aliphatic rings. The first-order valence-corrected chi connectivity index (χ1v) is 7.54. The molecule has 1 saturated carbocycles. The molecule has 0 amide bonds. The monoisotopic (exact) mass is 260 g/mol. The summed E-state index contributed by atoms with van der Waals surface area (Å²) in [7, 11) is 0. The van der Waals surface area contributed by atoms with Crippen LogP contribution >= 0.6 is 0 Å². The van der Waals surface area contributed by atoms with Crippen LogP contribution < -0.4 is 0 Å². The summed E-state index contributed by atoms with van der Waals surface area (Å²) in [6.07, 6.45) is 10.6. The number of rotatable bonds is 3. The minimum atomic E-state index is -0.267. The smallest absolute Gasteiger partial charge is 0.169 e. The van der Waals surface area contributed by atoms with Gasteiger partial charge in [0.2, 0.25) is 0 Å². The molecule has 0 aromatic heterocycles. The summed E-state index contributed by atoms with van der Waals surface area (Å²) in [4.78, 5) is 0. The topological polar surface area (TPSA) is 18.5 Å². The highest BCUT2D eigenvalue weighted by Crippen LogP contribution is 2.37. The van der Waals surface area contributed by atoms with Gasteiger partial charge in [-0.3, -0.25) is 0 Å². The molecule has 1 spiro atoms. The Balaban J connectivity index is 1.75. The third-order valence-electron chi connectivity index (χ3n) is 3.78. The Morgan fingerprint density at radius 3 is 2.58 bits per heavy atom. The van der Waals surface area contributed by atoms with E-state index >= 15 is 0 Å². The molecule has 0 bridgehead atoms. The van der Waals surface area contributed by atoms with Gasteiger partial charge in [-0.15, -0.1) is 5.73 Å². The molecule has 0 atom stereocenters. The van der Waals surface area contributed by atoms with Gasteiger partial charge in [0.25, 0.3) is 0 Å². The molecule has 2 fully saturated rings. The minimum absolute atomic E-state index is 0.267. The summed E-state index contributed by atoms with van der Waals surface area (Å²) in [6, 6.07) is 0. The van der Waals surface area contributed by atoms with Crippen molar-refractivity contribution in [1.82, 2.24) is 0 Å². The fourth-order valence-corrected chi connectivity index (χ4v) is 2.59. The van der Waals surface area contributed by atoms with Gasteiger partial charge in [-0.1, -0.05) is 31.6 Å². The van der Waals surface area contributed by atoms with Gasteiger partial charge in [-0.25, -0.2) is 0 Å². The van der Waals surface area contributed by atoms with E-state index in [-0.39, 0.29) is 5.79 Å². The first-order valence-electron chi connectivity index (χ1n) is 7.54. The fourth-order valence-electron chi connectivity index (χ4n) is 2.59. The van der Waals surface area contributed by atoms with Gasteiger partial charge in [0.1, 0.15) is 0 Å². The molecule has 1 saturated heterocycles. The molecule has 0 radical (unpaired) electrons. The van der Waals surface area contributed by atoms with Crippen molar-refractivity contribution < 1.29 is 9.47 Å². The van der Waals surface area contributed by atoms with Crippen LogP contribution in [0.4, 0.5) is 0 Å². The van der Waals surface area contributed by atoms with Crippen molar-refractivity contribution >= 4 is 0 Å². The summed E-state index contributed by atoms with van der Waals surface area (Å²) in [5, 5.41) is 0. The molecule has 104 valence electrons. The predicted octanol–water partition coefficient (Wildman–Crippen LogP) is 3.97. The van der Waals surface area contributed by atoms with Gasteiger partial charge >= 0.3 is 0 Å². The maximum atomic E-state index is 5.71. The third-order valence-corrected chi connectivity index (χ3v) is 3.78. The molecule has 1 aliphatic heterocycles. The van der Waals surface area contributed by atoms with Gasteiger partial charge in [-0.05, 0) is 24.8 Å². The molecule has 1 heterocycles. The lowest BCUT2D eigenvalue weighted by molar-refractivity contribution is -0.171. The molecule has 1 aliphatic carbocycles. The van der Waals surface area contributed by atoms with E-state index in [0.29, 0.717) is 0 Å². The minimum Gasteiger partial charge on any atom is -0.348 e. The summed E-state index contributed by atoms with van der Waals surface area (Å²) < 4.78 is 11.4. The van der Waals surface area contributed by atoms with E-state index in [0.717, 1.165) is 45.3 Å². The first kappa shape index (κ1) is 14.4. The lowest BCUT2D eigenvalue weighted by Crippen LogP contribution is -2.32. The van der Waals surface area contributed by atoms with E-state index in [1.165, 1.54) is 24.8 Å². The second-order valence-electron chi connectivity index (χ2n) is 5.28. The van der Waals surface area contributed by atoms with E-state index in [4.69, 9.17) is 9.47 Å². The number of hydrogen-bond donors (Lipinski definition) is 0. The predicted molar refractivity (Wildman–Crippen MR) is 76.6 cm³/mol. The van der Waals surface area contributed by atoms with Crippen LogP contribution in [0.25, 0.3) is 0 Å². The third kappa shape index (κ3) is 4.55. The maximum absolute atomic E-state index is 5.71. The van der Waals surface area contributed by atoms with E-state index < -0.39 is 0 Å². The van der Waals surface area contributed by atoms with Crippen molar-refractivity contribution in [3.8, 4) is 11.8 Å². The van der Waals surface area contributed by atoms with Gasteiger partial charge in [-0.2, -0.15) is 0 Å². The zero-order chi connectivity index (χ0) is 13.4. The van der Waals surface area contributed by atoms with Crippen LogP contribution in [0.5, 0.6) is 0 Å². The number of ether oxygens (including phenoxy) is 2. The zero-order valence-corrected chi connectivity index (χ0v) is 12.0. The van der Waals surface area contributed by atoms with Crippen molar-refractivity contribution in [3.63, 3.8) is 0 Å². The van der Waals surface area contributed by atoms with Crippen molar-refractivity contribution in [2.75, 3.05) is 13.2 Å². The Kier molecular flexibility index (Phi) is 5.73. The summed E-state index contributed by atoms with van der Waals surface area (Å²) in [5.41, 5.74) is 4.68. The van der Waals surface area contributed by atoms with E-state index in [2.05, 4.69) is 24.5 Å². The lowest BCUT2D eigenvalue weighted by Gasteiger charge is -2.31. The molecule has 0 unspecified atom stereocenters. The average Bonchev–Trinajstić information content (AvgIpc) is 2.89. The van der Waals surface area contributed by atoms with Crippen molar-refractivity contribution in [2.24, 2.45) is 0 Å². The highest BCUT2D eigenvalue weighted by molar-refractivity contribution is 5.18. The number of hydrogen-bond acceptors (Lipinski definition) is 2. The Morgan fingerprint density at radius 1 is 1.16 bits per heavy atom. The summed E-state index contributed by atoms with van der Waals surface area (Å²) >= 11 is 0. The van der Waals surface area contributed by atoms with Crippen LogP contribution in [-0.4, -0.2) is 19.0 Å². The van der Waals surface area contributed by atoms with Crippen molar-refractivity contribution in [3.05, 3.63) is 17.4 Å². The van der Waals surface area contributed by atoms with Crippen LogP contribution in [0.3, 0.4) is 0 Å². The number of unbranched alkanes of at least 4 members (excludes halogenated alkanes) is 3. The van der Waals surface area contributed by atoms with Crippen molar-refractivity contribution in [2.45, 2.75) is 64.1 Å². The van der Waals surface area contributed by atoms with Crippen molar-refractivity contribution in [1.29, 1.82) is 0 Å². The standard InChI is InChI=1S/C17H24O2/c1-2-3-4-5-6-7-8-9-16-10-12-17(13-11-16)18-14-15-19-17/h8H,2-5,10-15H2,1H3. The highest BCUT2D eigenvalue weighted by atomic mass is 16.7.